The normalized spacial score (nSPS) is 16.3. The number of hydrogen-bond donors (Lipinski definition) is 0. The number of benzene rings is 2. The lowest BCUT2D eigenvalue weighted by Crippen LogP contribution is -2.52. The molecule has 0 N–H and O–H groups in total. The second kappa shape index (κ2) is 9.10. The van der Waals surface area contributed by atoms with Crippen LogP contribution in [0.5, 0.6) is 0 Å². The number of piperazine rings is 1. The Hall–Kier alpha value is -2.51. The van der Waals surface area contributed by atoms with Crippen molar-refractivity contribution in [2.45, 2.75) is 38.0 Å². The van der Waals surface area contributed by atoms with Crippen molar-refractivity contribution < 1.29 is 18.0 Å². The maximum absolute atomic E-state index is 13.0. The third kappa shape index (κ3) is 4.63. The van der Waals surface area contributed by atoms with E-state index in [-0.39, 0.29) is 31.1 Å². The molecule has 0 radical (unpaired) electrons. The standard InChI is InChI=1S/C23H28N2O4S/c1-4-18(3)19-9-11-21(12-10-19)30(28,29)25-15-13-24(14-16-25)23(27)22(26)20-7-5-17(2)6-8-20/h5-12,18H,4,13-16H2,1-3H3. The lowest BCUT2D eigenvalue weighted by Gasteiger charge is -2.33. The third-order valence-corrected chi connectivity index (χ3v) is 7.65. The summed E-state index contributed by atoms with van der Waals surface area (Å²) >= 11 is 0. The van der Waals surface area contributed by atoms with E-state index in [1.54, 1.807) is 36.4 Å². The highest BCUT2D eigenvalue weighted by Gasteiger charge is 2.32. The van der Waals surface area contributed by atoms with Gasteiger partial charge in [-0.2, -0.15) is 4.31 Å². The van der Waals surface area contributed by atoms with Crippen molar-refractivity contribution in [1.82, 2.24) is 9.21 Å². The van der Waals surface area contributed by atoms with E-state index in [0.717, 1.165) is 17.5 Å². The van der Waals surface area contributed by atoms with E-state index >= 15 is 0 Å². The molecule has 1 aliphatic heterocycles. The zero-order valence-corrected chi connectivity index (χ0v) is 18.5. The van der Waals surface area contributed by atoms with Crippen LogP contribution in [0.3, 0.4) is 0 Å². The van der Waals surface area contributed by atoms with Crippen molar-refractivity contribution in [3.05, 3.63) is 65.2 Å². The largest absolute Gasteiger partial charge is 0.333 e. The predicted molar refractivity (Wildman–Crippen MR) is 116 cm³/mol. The Labute approximate surface area is 178 Å². The number of amides is 1. The van der Waals surface area contributed by atoms with Crippen molar-refractivity contribution in [1.29, 1.82) is 0 Å². The molecule has 0 aromatic heterocycles. The van der Waals surface area contributed by atoms with E-state index in [0.29, 0.717) is 11.5 Å². The monoisotopic (exact) mass is 428 g/mol. The highest BCUT2D eigenvalue weighted by Crippen LogP contribution is 2.23. The lowest BCUT2D eigenvalue weighted by atomic mass is 9.99. The van der Waals surface area contributed by atoms with Gasteiger partial charge in [0.25, 0.3) is 5.91 Å². The Morgan fingerprint density at radius 1 is 0.933 bits per heavy atom. The number of nitrogens with zero attached hydrogens (tertiary/aromatic N) is 2. The average molecular weight is 429 g/mol. The van der Waals surface area contributed by atoms with Crippen LogP contribution in [0.4, 0.5) is 0 Å². The number of carbonyl (C=O) groups excluding carboxylic acids is 2. The minimum atomic E-state index is -3.63. The van der Waals surface area contributed by atoms with Gasteiger partial charge in [-0.25, -0.2) is 8.42 Å². The quantitative estimate of drug-likeness (QED) is 0.523. The van der Waals surface area contributed by atoms with Gasteiger partial charge in [-0.1, -0.05) is 55.8 Å². The number of aryl methyl sites for hydroxylation is 1. The number of Topliss-reactive ketones (excluding diaryl/α,β-unsaturated/α-hetero) is 1. The van der Waals surface area contributed by atoms with Gasteiger partial charge in [0, 0.05) is 31.7 Å². The first-order chi connectivity index (χ1) is 14.2. The van der Waals surface area contributed by atoms with Gasteiger partial charge < -0.3 is 4.90 Å². The number of hydrogen-bond acceptors (Lipinski definition) is 4. The predicted octanol–water partition coefficient (Wildman–Crippen LogP) is 3.22. The van der Waals surface area contributed by atoms with Crippen molar-refractivity contribution in [2.24, 2.45) is 0 Å². The maximum atomic E-state index is 13.0. The van der Waals surface area contributed by atoms with E-state index in [2.05, 4.69) is 13.8 Å². The molecule has 2 aromatic rings. The average Bonchev–Trinajstić information content (AvgIpc) is 2.78. The van der Waals surface area contributed by atoms with E-state index in [4.69, 9.17) is 0 Å². The van der Waals surface area contributed by atoms with Gasteiger partial charge in [-0.15, -0.1) is 0 Å². The van der Waals surface area contributed by atoms with Crippen LogP contribution >= 0.6 is 0 Å². The minimum Gasteiger partial charge on any atom is -0.333 e. The van der Waals surface area contributed by atoms with Gasteiger partial charge in [-0.3, -0.25) is 9.59 Å². The molecule has 1 atom stereocenters. The molecule has 6 nitrogen and oxygen atoms in total. The van der Waals surface area contributed by atoms with Crippen LogP contribution in [-0.2, 0) is 14.8 Å². The second-order valence-electron chi connectivity index (χ2n) is 7.77. The summed E-state index contributed by atoms with van der Waals surface area (Å²) in [5.74, 6) is -0.775. The van der Waals surface area contributed by atoms with Gasteiger partial charge in [0.05, 0.1) is 4.90 Å². The Kier molecular flexibility index (Phi) is 6.73. The summed E-state index contributed by atoms with van der Waals surface area (Å²) in [6.45, 7) is 6.84. The highest BCUT2D eigenvalue weighted by molar-refractivity contribution is 7.89. The van der Waals surface area contributed by atoms with Crippen LogP contribution < -0.4 is 0 Å². The summed E-state index contributed by atoms with van der Waals surface area (Å²) in [5, 5.41) is 0. The summed E-state index contributed by atoms with van der Waals surface area (Å²) < 4.78 is 27.3. The van der Waals surface area contributed by atoms with Crippen LogP contribution in [0.1, 0.15) is 47.7 Å². The lowest BCUT2D eigenvalue weighted by molar-refractivity contribution is -0.127. The molecule has 2 aromatic carbocycles. The summed E-state index contributed by atoms with van der Waals surface area (Å²) in [4.78, 5) is 26.7. The zero-order chi connectivity index (χ0) is 21.9. The van der Waals surface area contributed by atoms with E-state index < -0.39 is 21.7 Å². The fourth-order valence-corrected chi connectivity index (χ4v) is 4.88. The Balaban J connectivity index is 1.64. The third-order valence-electron chi connectivity index (χ3n) is 5.73. The first kappa shape index (κ1) is 22.2. The molecule has 30 heavy (non-hydrogen) atoms. The van der Waals surface area contributed by atoms with Crippen LogP contribution in [0.2, 0.25) is 0 Å². The minimum absolute atomic E-state index is 0.169. The summed E-state index contributed by atoms with van der Waals surface area (Å²) in [5.41, 5.74) is 2.47. The molecule has 160 valence electrons. The first-order valence-electron chi connectivity index (χ1n) is 10.2. The van der Waals surface area contributed by atoms with Gasteiger partial charge in [0.2, 0.25) is 15.8 Å². The molecule has 7 heteroatoms. The number of sulfonamides is 1. The molecular weight excluding hydrogens is 400 g/mol. The van der Waals surface area contributed by atoms with Crippen LogP contribution in [0.25, 0.3) is 0 Å². The van der Waals surface area contributed by atoms with Crippen LogP contribution in [0, 0.1) is 6.92 Å². The molecule has 1 heterocycles. The topological polar surface area (TPSA) is 74.8 Å². The van der Waals surface area contributed by atoms with Crippen molar-refractivity contribution in [2.75, 3.05) is 26.2 Å². The molecule has 0 saturated carbocycles. The van der Waals surface area contributed by atoms with Gasteiger partial charge in [-0.05, 0) is 37.0 Å². The SMILES string of the molecule is CCC(C)c1ccc(S(=O)(=O)N2CCN(C(=O)C(=O)c3ccc(C)cc3)CC2)cc1. The van der Waals surface area contributed by atoms with Gasteiger partial charge in [0.15, 0.2) is 0 Å². The van der Waals surface area contributed by atoms with Crippen molar-refractivity contribution in [3.63, 3.8) is 0 Å². The molecule has 0 bridgehead atoms. The first-order valence-corrected chi connectivity index (χ1v) is 11.7. The Morgan fingerprint density at radius 2 is 1.50 bits per heavy atom. The second-order valence-corrected chi connectivity index (χ2v) is 9.71. The molecule has 0 spiro atoms. The summed E-state index contributed by atoms with van der Waals surface area (Å²) in [6, 6.07) is 13.9. The zero-order valence-electron chi connectivity index (χ0n) is 17.7. The molecule has 1 fully saturated rings. The smallest absolute Gasteiger partial charge is 0.295 e. The maximum Gasteiger partial charge on any atom is 0.295 e. The van der Waals surface area contributed by atoms with Crippen LogP contribution in [0.15, 0.2) is 53.4 Å². The van der Waals surface area contributed by atoms with Crippen molar-refractivity contribution in [3.8, 4) is 0 Å². The Bertz CT molecular complexity index is 1010. The molecule has 1 amide bonds. The molecule has 0 aliphatic carbocycles. The molecular formula is C23H28N2O4S. The van der Waals surface area contributed by atoms with Gasteiger partial charge >= 0.3 is 0 Å². The van der Waals surface area contributed by atoms with E-state index in [9.17, 15) is 18.0 Å². The molecule has 3 rings (SSSR count). The molecule has 1 saturated heterocycles. The Morgan fingerprint density at radius 3 is 2.03 bits per heavy atom. The van der Waals surface area contributed by atoms with E-state index in [1.807, 2.05) is 19.1 Å². The number of rotatable bonds is 6. The molecule has 1 unspecified atom stereocenters. The van der Waals surface area contributed by atoms with Crippen LogP contribution in [-0.4, -0.2) is 55.5 Å². The molecule has 1 aliphatic rings. The summed E-state index contributed by atoms with van der Waals surface area (Å²) in [7, 11) is -3.63. The summed E-state index contributed by atoms with van der Waals surface area (Å²) in [6.07, 6.45) is 0.989. The number of ketones is 1. The fraction of sp³-hybridized carbons (Fsp3) is 0.391. The van der Waals surface area contributed by atoms with Gasteiger partial charge in [0.1, 0.15) is 0 Å². The highest BCUT2D eigenvalue weighted by atomic mass is 32.2. The number of carbonyl (C=O) groups is 2. The fourth-order valence-electron chi connectivity index (χ4n) is 3.46. The van der Waals surface area contributed by atoms with E-state index in [1.165, 1.54) is 9.21 Å². The van der Waals surface area contributed by atoms with Crippen molar-refractivity contribution >= 4 is 21.7 Å².